The molecule has 3 rings (SSSR count). The molecule has 0 saturated heterocycles. The molecular weight excluding hydrogens is 338 g/mol. The summed E-state index contributed by atoms with van der Waals surface area (Å²) >= 11 is 5.21. The molecule has 3 N–H and O–H groups in total. The summed E-state index contributed by atoms with van der Waals surface area (Å²) in [6.45, 7) is 0.836. The van der Waals surface area contributed by atoms with E-state index in [2.05, 4.69) is 37.8 Å². The van der Waals surface area contributed by atoms with E-state index in [1.54, 1.807) is 11.3 Å². The number of halogens is 1. The quantitative estimate of drug-likeness (QED) is 0.328. The van der Waals surface area contributed by atoms with Crippen molar-refractivity contribution in [3.63, 3.8) is 0 Å². The molecule has 0 bridgehead atoms. The third-order valence-electron chi connectivity index (χ3n) is 3.13. The number of benzene rings is 1. The number of thiophene rings is 1. The number of oxime groups is 1. The van der Waals surface area contributed by atoms with Gasteiger partial charge < -0.3 is 15.5 Å². The first kappa shape index (κ1) is 13.2. The van der Waals surface area contributed by atoms with Crippen LogP contribution in [0, 0.1) is 0 Å². The lowest BCUT2D eigenvalue weighted by Gasteiger charge is -2.04. The molecule has 0 amide bonds. The summed E-state index contributed by atoms with van der Waals surface area (Å²) < 4.78 is 3.32. The van der Waals surface area contributed by atoms with Crippen molar-refractivity contribution < 1.29 is 5.21 Å². The maximum absolute atomic E-state index is 8.72. The van der Waals surface area contributed by atoms with Crippen LogP contribution in [0.5, 0.6) is 0 Å². The SMILES string of the molecule is N/C(=N/O)c1ccc2c(ccn2Cc2ccc(Br)s2)c1. The Morgan fingerprint density at radius 3 is 2.85 bits per heavy atom. The fraction of sp³-hybridized carbons (Fsp3) is 0.0714. The van der Waals surface area contributed by atoms with Crippen molar-refractivity contribution in [3.8, 4) is 0 Å². The molecule has 0 aliphatic carbocycles. The minimum Gasteiger partial charge on any atom is -0.409 e. The third kappa shape index (κ3) is 2.44. The van der Waals surface area contributed by atoms with Crippen LogP contribution < -0.4 is 5.73 Å². The topological polar surface area (TPSA) is 63.5 Å². The number of fused-ring (bicyclic) bond motifs is 1. The Hall–Kier alpha value is -1.79. The van der Waals surface area contributed by atoms with Crippen LogP contribution in [0.2, 0.25) is 0 Å². The zero-order valence-electron chi connectivity index (χ0n) is 10.5. The number of hydrogen-bond donors (Lipinski definition) is 2. The highest BCUT2D eigenvalue weighted by Gasteiger charge is 2.06. The van der Waals surface area contributed by atoms with Gasteiger partial charge in [0.15, 0.2) is 5.84 Å². The summed E-state index contributed by atoms with van der Waals surface area (Å²) in [5.41, 5.74) is 7.46. The Morgan fingerprint density at radius 2 is 2.15 bits per heavy atom. The molecule has 20 heavy (non-hydrogen) atoms. The molecule has 0 aliphatic heterocycles. The molecule has 0 spiro atoms. The van der Waals surface area contributed by atoms with E-state index in [0.29, 0.717) is 0 Å². The Balaban J connectivity index is 1.97. The second-order valence-electron chi connectivity index (χ2n) is 4.41. The molecule has 0 aliphatic rings. The highest BCUT2D eigenvalue weighted by Crippen LogP contribution is 2.25. The highest BCUT2D eigenvalue weighted by molar-refractivity contribution is 9.11. The van der Waals surface area contributed by atoms with Gasteiger partial charge in [0.25, 0.3) is 0 Å². The van der Waals surface area contributed by atoms with Gasteiger partial charge in [0, 0.05) is 27.5 Å². The maximum Gasteiger partial charge on any atom is 0.170 e. The zero-order valence-corrected chi connectivity index (χ0v) is 12.9. The van der Waals surface area contributed by atoms with E-state index in [1.807, 2.05) is 30.5 Å². The first-order valence-corrected chi connectivity index (χ1v) is 7.59. The average molecular weight is 350 g/mol. The smallest absolute Gasteiger partial charge is 0.170 e. The van der Waals surface area contributed by atoms with E-state index in [1.165, 1.54) is 4.88 Å². The number of amidine groups is 1. The van der Waals surface area contributed by atoms with E-state index in [4.69, 9.17) is 10.9 Å². The second kappa shape index (κ2) is 5.30. The van der Waals surface area contributed by atoms with Crippen LogP contribution >= 0.6 is 27.3 Å². The van der Waals surface area contributed by atoms with E-state index in [9.17, 15) is 0 Å². The molecule has 3 aromatic rings. The molecule has 0 fully saturated rings. The van der Waals surface area contributed by atoms with E-state index >= 15 is 0 Å². The summed E-state index contributed by atoms with van der Waals surface area (Å²) in [6.07, 6.45) is 2.05. The standard InChI is InChI=1S/C14H12BrN3OS/c15-13-4-2-11(20-13)8-18-6-5-9-7-10(14(16)17-19)1-3-12(9)18/h1-7,19H,8H2,(H2,16,17). The summed E-state index contributed by atoms with van der Waals surface area (Å²) in [4.78, 5) is 1.29. The minimum absolute atomic E-state index is 0.127. The average Bonchev–Trinajstić information content (AvgIpc) is 3.05. The normalized spacial score (nSPS) is 12.2. The number of nitrogens with zero attached hydrogens (tertiary/aromatic N) is 2. The molecular formula is C14H12BrN3OS. The predicted octanol–water partition coefficient (Wildman–Crippen LogP) is 3.61. The molecule has 6 heteroatoms. The minimum atomic E-state index is 0.127. The summed E-state index contributed by atoms with van der Waals surface area (Å²) in [6, 6.07) is 12.0. The molecule has 1 aromatic carbocycles. The molecule has 0 radical (unpaired) electrons. The largest absolute Gasteiger partial charge is 0.409 e. The van der Waals surface area contributed by atoms with Gasteiger partial charge in [0.1, 0.15) is 0 Å². The fourth-order valence-corrected chi connectivity index (χ4v) is 3.64. The first-order chi connectivity index (χ1) is 9.67. The Bertz CT molecular complexity index is 791. The monoisotopic (exact) mass is 349 g/mol. The van der Waals surface area contributed by atoms with Gasteiger partial charge in [0.05, 0.1) is 10.3 Å². The lowest BCUT2D eigenvalue weighted by molar-refractivity contribution is 0.318. The van der Waals surface area contributed by atoms with Crippen LogP contribution in [0.4, 0.5) is 0 Å². The summed E-state index contributed by atoms with van der Waals surface area (Å²) in [5, 5.41) is 12.8. The summed E-state index contributed by atoms with van der Waals surface area (Å²) in [7, 11) is 0. The fourth-order valence-electron chi connectivity index (χ4n) is 2.16. The number of aromatic nitrogens is 1. The molecule has 0 unspecified atom stereocenters. The van der Waals surface area contributed by atoms with Crippen LogP contribution in [0.3, 0.4) is 0 Å². The van der Waals surface area contributed by atoms with E-state index in [0.717, 1.165) is 26.8 Å². The lowest BCUT2D eigenvalue weighted by Crippen LogP contribution is -2.12. The molecule has 4 nitrogen and oxygen atoms in total. The van der Waals surface area contributed by atoms with Crippen LogP contribution in [0.15, 0.2) is 51.5 Å². The third-order valence-corrected chi connectivity index (χ3v) is 4.74. The van der Waals surface area contributed by atoms with Gasteiger partial charge in [-0.3, -0.25) is 0 Å². The Morgan fingerprint density at radius 1 is 1.30 bits per heavy atom. The van der Waals surface area contributed by atoms with Crippen LogP contribution in [0.25, 0.3) is 10.9 Å². The Labute approximate surface area is 128 Å². The van der Waals surface area contributed by atoms with Crippen molar-refractivity contribution in [1.29, 1.82) is 0 Å². The van der Waals surface area contributed by atoms with Gasteiger partial charge in [-0.15, -0.1) is 11.3 Å². The number of rotatable bonds is 3. The van der Waals surface area contributed by atoms with Gasteiger partial charge in [-0.05, 0) is 52.3 Å². The second-order valence-corrected chi connectivity index (χ2v) is 6.96. The first-order valence-electron chi connectivity index (χ1n) is 5.98. The van der Waals surface area contributed by atoms with Crippen molar-refractivity contribution in [2.24, 2.45) is 10.9 Å². The van der Waals surface area contributed by atoms with E-state index < -0.39 is 0 Å². The van der Waals surface area contributed by atoms with Gasteiger partial charge in [-0.1, -0.05) is 5.16 Å². The van der Waals surface area contributed by atoms with Crippen molar-refractivity contribution in [2.45, 2.75) is 6.54 Å². The van der Waals surface area contributed by atoms with Gasteiger partial charge in [0.2, 0.25) is 0 Å². The van der Waals surface area contributed by atoms with Crippen molar-refractivity contribution in [1.82, 2.24) is 4.57 Å². The van der Waals surface area contributed by atoms with Gasteiger partial charge >= 0.3 is 0 Å². The Kier molecular flexibility index (Phi) is 3.50. The van der Waals surface area contributed by atoms with Crippen LogP contribution in [-0.4, -0.2) is 15.6 Å². The lowest BCUT2D eigenvalue weighted by atomic mass is 10.1. The van der Waals surface area contributed by atoms with Crippen molar-refractivity contribution >= 4 is 44.0 Å². The maximum atomic E-state index is 8.72. The zero-order chi connectivity index (χ0) is 14.1. The molecule has 0 saturated carbocycles. The van der Waals surface area contributed by atoms with Crippen LogP contribution in [-0.2, 0) is 6.54 Å². The molecule has 0 atom stereocenters. The van der Waals surface area contributed by atoms with Gasteiger partial charge in [-0.25, -0.2) is 0 Å². The predicted molar refractivity (Wildman–Crippen MR) is 85.6 cm³/mol. The van der Waals surface area contributed by atoms with E-state index in [-0.39, 0.29) is 5.84 Å². The van der Waals surface area contributed by atoms with Gasteiger partial charge in [-0.2, -0.15) is 0 Å². The molecule has 2 aromatic heterocycles. The summed E-state index contributed by atoms with van der Waals surface area (Å²) in [5.74, 6) is 0.127. The van der Waals surface area contributed by atoms with Crippen molar-refractivity contribution in [2.75, 3.05) is 0 Å². The molecule has 2 heterocycles. The number of nitrogens with two attached hydrogens (primary N) is 1. The molecule has 102 valence electrons. The van der Waals surface area contributed by atoms with Crippen molar-refractivity contribution in [3.05, 3.63) is 56.8 Å². The highest BCUT2D eigenvalue weighted by atomic mass is 79.9. The van der Waals surface area contributed by atoms with Crippen LogP contribution in [0.1, 0.15) is 10.4 Å². The number of hydrogen-bond acceptors (Lipinski definition) is 3.